The number of carbonyl (C=O) groups is 2. The summed E-state index contributed by atoms with van der Waals surface area (Å²) >= 11 is 0. The van der Waals surface area contributed by atoms with Gasteiger partial charge in [0, 0.05) is 32.2 Å². The molecule has 3 rings (SSSR count). The average Bonchev–Trinajstić information content (AvgIpc) is 3.01. The van der Waals surface area contributed by atoms with Gasteiger partial charge in [0.25, 0.3) is 0 Å². The lowest BCUT2D eigenvalue weighted by atomic mass is 10.2. The summed E-state index contributed by atoms with van der Waals surface area (Å²) in [5.41, 5.74) is 1.05. The van der Waals surface area contributed by atoms with Crippen molar-refractivity contribution >= 4 is 27.5 Å². The molecule has 0 spiro atoms. The van der Waals surface area contributed by atoms with Gasteiger partial charge in [-0.25, -0.2) is 13.2 Å². The summed E-state index contributed by atoms with van der Waals surface area (Å²) in [7, 11) is -3.08. The second-order valence-corrected chi connectivity index (χ2v) is 9.51. The minimum Gasteiger partial charge on any atom is -0.492 e. The number of para-hydroxylation sites is 2. The molecule has 0 radical (unpaired) electrons. The second kappa shape index (κ2) is 9.45. The third-order valence-electron chi connectivity index (χ3n) is 5.07. The van der Waals surface area contributed by atoms with Crippen molar-refractivity contribution in [2.45, 2.75) is 19.4 Å². The molecule has 9 nitrogen and oxygen atoms in total. The van der Waals surface area contributed by atoms with Gasteiger partial charge in [0.1, 0.15) is 5.75 Å². The number of hydrogen-bond acceptors (Lipinski definition) is 7. The van der Waals surface area contributed by atoms with Crippen molar-refractivity contribution < 1.29 is 22.7 Å². The number of imide groups is 1. The zero-order valence-corrected chi connectivity index (χ0v) is 17.4. The summed E-state index contributed by atoms with van der Waals surface area (Å²) in [6.45, 7) is 5.57. The van der Waals surface area contributed by atoms with Crippen molar-refractivity contribution in [2.24, 2.45) is 0 Å². The van der Waals surface area contributed by atoms with Gasteiger partial charge >= 0.3 is 6.03 Å². The van der Waals surface area contributed by atoms with Crippen LogP contribution < -0.4 is 20.3 Å². The Morgan fingerprint density at radius 3 is 2.55 bits per heavy atom. The summed E-state index contributed by atoms with van der Waals surface area (Å²) < 4.78 is 28.6. The number of nitrogens with zero attached hydrogens (tertiary/aromatic N) is 2. The summed E-state index contributed by atoms with van der Waals surface area (Å²) in [4.78, 5) is 28.3. The summed E-state index contributed by atoms with van der Waals surface area (Å²) in [5.74, 6) is 0.459. The number of anilines is 1. The first-order valence-electron chi connectivity index (χ1n) is 9.86. The number of nitrogens with one attached hydrogen (secondary N) is 2. The van der Waals surface area contributed by atoms with E-state index in [0.717, 1.165) is 24.5 Å². The zero-order chi connectivity index (χ0) is 20.9. The Labute approximate surface area is 171 Å². The molecule has 3 amide bonds. The molecule has 2 heterocycles. The van der Waals surface area contributed by atoms with Crippen LogP contribution in [0.3, 0.4) is 0 Å². The molecule has 0 unspecified atom stereocenters. The molecule has 10 heteroatoms. The molecular weight excluding hydrogens is 396 g/mol. The number of hydrogen-bond donors (Lipinski definition) is 2. The van der Waals surface area contributed by atoms with Gasteiger partial charge in [0.05, 0.1) is 30.3 Å². The van der Waals surface area contributed by atoms with Crippen LogP contribution in [0.2, 0.25) is 0 Å². The molecule has 0 aliphatic carbocycles. The highest BCUT2D eigenvalue weighted by Gasteiger charge is 2.29. The van der Waals surface area contributed by atoms with Gasteiger partial charge in [-0.2, -0.15) is 0 Å². The predicted molar refractivity (Wildman–Crippen MR) is 110 cm³/mol. The Kier molecular flexibility index (Phi) is 6.96. The van der Waals surface area contributed by atoms with Crippen LogP contribution >= 0.6 is 0 Å². The molecule has 1 aromatic rings. The van der Waals surface area contributed by atoms with Crippen LogP contribution in [0.15, 0.2) is 24.3 Å². The molecule has 2 saturated heterocycles. The minimum atomic E-state index is -3.08. The van der Waals surface area contributed by atoms with Gasteiger partial charge in [0.15, 0.2) is 9.84 Å². The maximum Gasteiger partial charge on any atom is 0.321 e. The Bertz CT molecular complexity index is 837. The van der Waals surface area contributed by atoms with Crippen molar-refractivity contribution in [2.75, 3.05) is 55.7 Å². The molecule has 0 aromatic heterocycles. The molecule has 2 fully saturated rings. The standard InChI is InChI=1S/C19H28N4O5S/c1-2-28-17-6-4-3-5-16(17)23-10-8-22(9-11-23)13-18(24)21-19(25)20-15-7-12-29(26,27)14-15/h3-6,15H,2,7-14H2,1H3,(H2,20,21,24,25)/t15-/m0/s1. The Morgan fingerprint density at radius 2 is 1.90 bits per heavy atom. The number of rotatable bonds is 6. The maximum absolute atomic E-state index is 12.1. The number of urea groups is 1. The Morgan fingerprint density at radius 1 is 1.17 bits per heavy atom. The summed E-state index contributed by atoms with van der Waals surface area (Å²) in [6, 6.07) is 6.84. The highest BCUT2D eigenvalue weighted by Crippen LogP contribution is 2.28. The van der Waals surface area contributed by atoms with Crippen molar-refractivity contribution in [3.63, 3.8) is 0 Å². The van der Waals surface area contributed by atoms with Gasteiger partial charge in [-0.1, -0.05) is 12.1 Å². The van der Waals surface area contributed by atoms with Gasteiger partial charge in [0.2, 0.25) is 5.91 Å². The highest BCUT2D eigenvalue weighted by molar-refractivity contribution is 7.91. The molecule has 2 aliphatic rings. The van der Waals surface area contributed by atoms with Crippen LogP contribution in [-0.4, -0.2) is 82.1 Å². The average molecular weight is 425 g/mol. The smallest absolute Gasteiger partial charge is 0.321 e. The fourth-order valence-corrected chi connectivity index (χ4v) is 5.32. The fraction of sp³-hybridized carbons (Fsp3) is 0.579. The quantitative estimate of drug-likeness (QED) is 0.673. The Balaban J connectivity index is 1.42. The first kappa shape index (κ1) is 21.4. The lowest BCUT2D eigenvalue weighted by Crippen LogP contribution is -2.52. The number of benzene rings is 1. The normalized spacial score (nSPS) is 21.6. The van der Waals surface area contributed by atoms with Crippen LogP contribution in [-0.2, 0) is 14.6 Å². The van der Waals surface area contributed by atoms with Gasteiger partial charge in [-0.05, 0) is 25.5 Å². The van der Waals surface area contributed by atoms with E-state index in [-0.39, 0.29) is 18.1 Å². The van der Waals surface area contributed by atoms with E-state index >= 15 is 0 Å². The Hall–Kier alpha value is -2.33. The predicted octanol–water partition coefficient (Wildman–Crippen LogP) is 0.220. The van der Waals surface area contributed by atoms with Crippen molar-refractivity contribution in [3.8, 4) is 5.75 Å². The van der Waals surface area contributed by atoms with E-state index in [0.29, 0.717) is 26.1 Å². The first-order valence-corrected chi connectivity index (χ1v) is 11.7. The molecule has 2 N–H and O–H groups in total. The van der Waals surface area contributed by atoms with E-state index in [1.54, 1.807) is 0 Å². The molecule has 29 heavy (non-hydrogen) atoms. The lowest BCUT2D eigenvalue weighted by Gasteiger charge is -2.36. The van der Waals surface area contributed by atoms with E-state index in [4.69, 9.17) is 4.74 Å². The first-order chi connectivity index (χ1) is 13.9. The SMILES string of the molecule is CCOc1ccccc1N1CCN(CC(=O)NC(=O)N[C@H]2CCS(=O)(=O)C2)CC1. The van der Waals surface area contributed by atoms with E-state index in [2.05, 4.69) is 15.5 Å². The van der Waals surface area contributed by atoms with Crippen molar-refractivity contribution in [3.05, 3.63) is 24.3 Å². The van der Waals surface area contributed by atoms with E-state index in [1.165, 1.54) is 0 Å². The summed E-state index contributed by atoms with van der Waals surface area (Å²) in [6.07, 6.45) is 0.384. The molecule has 0 saturated carbocycles. The van der Waals surface area contributed by atoms with E-state index in [9.17, 15) is 18.0 Å². The number of sulfone groups is 1. The molecule has 160 valence electrons. The van der Waals surface area contributed by atoms with E-state index in [1.807, 2.05) is 36.1 Å². The van der Waals surface area contributed by atoms with Crippen molar-refractivity contribution in [1.82, 2.24) is 15.5 Å². The van der Waals surface area contributed by atoms with Gasteiger partial charge in [-0.3, -0.25) is 15.0 Å². The van der Waals surface area contributed by atoms with Gasteiger partial charge < -0.3 is 15.0 Å². The zero-order valence-electron chi connectivity index (χ0n) is 16.6. The number of piperazine rings is 1. The van der Waals surface area contributed by atoms with Crippen LogP contribution in [0.25, 0.3) is 0 Å². The third kappa shape index (κ3) is 6.07. The monoisotopic (exact) mass is 424 g/mol. The molecule has 0 bridgehead atoms. The second-order valence-electron chi connectivity index (χ2n) is 7.29. The minimum absolute atomic E-state index is 0.0697. The fourth-order valence-electron chi connectivity index (χ4n) is 3.64. The topological polar surface area (TPSA) is 108 Å². The molecule has 1 atom stereocenters. The number of carbonyl (C=O) groups excluding carboxylic acids is 2. The maximum atomic E-state index is 12.1. The molecule has 1 aromatic carbocycles. The van der Waals surface area contributed by atoms with E-state index < -0.39 is 27.8 Å². The summed E-state index contributed by atoms with van der Waals surface area (Å²) in [5, 5.41) is 4.85. The lowest BCUT2D eigenvalue weighted by molar-refractivity contribution is -0.121. The van der Waals surface area contributed by atoms with Crippen LogP contribution in [0.4, 0.5) is 10.5 Å². The van der Waals surface area contributed by atoms with Crippen LogP contribution in [0.1, 0.15) is 13.3 Å². The van der Waals surface area contributed by atoms with Crippen molar-refractivity contribution in [1.29, 1.82) is 0 Å². The molecular formula is C19H28N4O5S. The van der Waals surface area contributed by atoms with Crippen LogP contribution in [0, 0.1) is 0 Å². The molecule has 2 aliphatic heterocycles. The van der Waals surface area contributed by atoms with Gasteiger partial charge in [-0.15, -0.1) is 0 Å². The number of amides is 3. The largest absolute Gasteiger partial charge is 0.492 e. The third-order valence-corrected chi connectivity index (χ3v) is 6.83. The highest BCUT2D eigenvalue weighted by atomic mass is 32.2. The van der Waals surface area contributed by atoms with Crippen LogP contribution in [0.5, 0.6) is 5.75 Å². The number of ether oxygens (including phenoxy) is 1.